The van der Waals surface area contributed by atoms with Crippen LogP contribution in [-0.4, -0.2) is 35.6 Å². The topological polar surface area (TPSA) is 108 Å². The number of ether oxygens (including phenoxy) is 3. The van der Waals surface area contributed by atoms with Gasteiger partial charge in [-0.05, 0) is 42.8 Å². The molecule has 1 aliphatic heterocycles. The van der Waals surface area contributed by atoms with Crippen molar-refractivity contribution in [2.45, 2.75) is 6.92 Å². The first kappa shape index (κ1) is 21.8. The number of aromatic nitrogens is 2. The molecule has 4 rings (SSSR count). The van der Waals surface area contributed by atoms with Crippen molar-refractivity contribution in [2.24, 2.45) is 7.05 Å². The highest BCUT2D eigenvalue weighted by molar-refractivity contribution is 6.09. The molecule has 0 fully saturated rings. The van der Waals surface area contributed by atoms with Crippen LogP contribution in [0.2, 0.25) is 0 Å². The van der Waals surface area contributed by atoms with E-state index in [0.717, 1.165) is 0 Å². The predicted octanol–water partition coefficient (Wildman–Crippen LogP) is 2.81. The van der Waals surface area contributed by atoms with Crippen LogP contribution in [0, 0.1) is 18.3 Å². The third kappa shape index (κ3) is 4.06. The number of carbonyl (C=O) groups is 1. The van der Waals surface area contributed by atoms with Gasteiger partial charge in [-0.25, -0.2) is 4.68 Å². The number of methoxy groups -OCH3 is 1. The van der Waals surface area contributed by atoms with Crippen LogP contribution in [-0.2, 0) is 11.8 Å². The van der Waals surface area contributed by atoms with E-state index in [1.54, 1.807) is 42.9 Å². The lowest BCUT2D eigenvalue weighted by Gasteiger charge is -2.21. The Labute approximate surface area is 190 Å². The molecule has 0 spiro atoms. The largest absolute Gasteiger partial charge is 0.493 e. The molecule has 9 heteroatoms. The number of fused-ring (bicyclic) bond motifs is 1. The van der Waals surface area contributed by atoms with E-state index < -0.39 is 11.5 Å². The Morgan fingerprint density at radius 2 is 1.94 bits per heavy atom. The van der Waals surface area contributed by atoms with Gasteiger partial charge in [-0.15, -0.1) is 0 Å². The third-order valence-corrected chi connectivity index (χ3v) is 5.32. The van der Waals surface area contributed by atoms with Gasteiger partial charge in [0.1, 0.15) is 30.5 Å². The van der Waals surface area contributed by atoms with E-state index in [1.165, 1.54) is 17.9 Å². The van der Waals surface area contributed by atoms with Crippen molar-refractivity contribution < 1.29 is 19.0 Å². The smallest absolute Gasteiger partial charge is 0.295 e. The van der Waals surface area contributed by atoms with Gasteiger partial charge in [0.2, 0.25) is 5.75 Å². The number of hydrogen-bond acceptors (Lipinski definition) is 6. The van der Waals surface area contributed by atoms with Crippen LogP contribution < -0.4 is 25.1 Å². The number of hydrogen-bond donors (Lipinski definition) is 1. The molecule has 0 aliphatic carbocycles. The molecule has 0 radical (unpaired) electrons. The van der Waals surface area contributed by atoms with Crippen LogP contribution in [0.1, 0.15) is 11.3 Å². The van der Waals surface area contributed by atoms with Crippen LogP contribution in [0.15, 0.2) is 52.8 Å². The van der Waals surface area contributed by atoms with Gasteiger partial charge in [0.15, 0.2) is 11.5 Å². The first-order valence-electron chi connectivity index (χ1n) is 10.2. The SMILES string of the molecule is COc1cc(/C=C(/C#N)C(=O)Nc2c(C)n(C)n(-c3ccccc3)c2=O)cc2c1OCCO2. The lowest BCUT2D eigenvalue weighted by Crippen LogP contribution is -2.23. The number of para-hydroxylation sites is 1. The molecule has 3 aromatic rings. The third-order valence-electron chi connectivity index (χ3n) is 5.32. The Hall–Kier alpha value is -4.45. The Bertz CT molecular complexity index is 1330. The van der Waals surface area contributed by atoms with Crippen molar-refractivity contribution in [1.82, 2.24) is 9.36 Å². The number of carbonyl (C=O) groups excluding carboxylic acids is 1. The van der Waals surface area contributed by atoms with Crippen LogP contribution >= 0.6 is 0 Å². The normalized spacial score (nSPS) is 12.7. The molecule has 2 heterocycles. The zero-order valence-electron chi connectivity index (χ0n) is 18.4. The maximum atomic E-state index is 13.0. The van der Waals surface area contributed by atoms with Gasteiger partial charge >= 0.3 is 0 Å². The van der Waals surface area contributed by atoms with Crippen LogP contribution in [0.3, 0.4) is 0 Å². The Morgan fingerprint density at radius 1 is 1.21 bits per heavy atom. The molecule has 1 aromatic heterocycles. The number of rotatable bonds is 5. The van der Waals surface area contributed by atoms with Crippen LogP contribution in [0.4, 0.5) is 5.69 Å². The molecule has 2 aromatic carbocycles. The molecule has 9 nitrogen and oxygen atoms in total. The van der Waals surface area contributed by atoms with Crippen molar-refractivity contribution in [3.8, 4) is 29.0 Å². The summed E-state index contributed by atoms with van der Waals surface area (Å²) in [6.45, 7) is 2.51. The molecule has 0 unspecified atom stereocenters. The molecule has 0 bridgehead atoms. The summed E-state index contributed by atoms with van der Waals surface area (Å²) in [6.07, 6.45) is 1.41. The summed E-state index contributed by atoms with van der Waals surface area (Å²) in [5, 5.41) is 12.2. The highest BCUT2D eigenvalue weighted by Gasteiger charge is 2.21. The molecule has 0 atom stereocenters. The molecular formula is C24H22N4O5. The molecule has 1 aliphatic rings. The second-order valence-corrected chi connectivity index (χ2v) is 7.31. The van der Waals surface area contributed by atoms with Crippen LogP contribution in [0.25, 0.3) is 11.8 Å². The maximum Gasteiger partial charge on any atom is 0.295 e. The molecule has 0 saturated heterocycles. The molecular weight excluding hydrogens is 424 g/mol. The number of nitrogens with one attached hydrogen (secondary N) is 1. The number of anilines is 1. The van der Waals surface area contributed by atoms with E-state index in [-0.39, 0.29) is 11.3 Å². The molecule has 1 N–H and O–H groups in total. The molecule has 1 amide bonds. The van der Waals surface area contributed by atoms with Gasteiger partial charge in [0, 0.05) is 7.05 Å². The van der Waals surface area contributed by atoms with Crippen molar-refractivity contribution in [2.75, 3.05) is 25.6 Å². The van der Waals surface area contributed by atoms with E-state index in [4.69, 9.17) is 14.2 Å². The van der Waals surface area contributed by atoms with E-state index >= 15 is 0 Å². The van der Waals surface area contributed by atoms with Gasteiger partial charge in [0.25, 0.3) is 11.5 Å². The monoisotopic (exact) mass is 446 g/mol. The quantitative estimate of drug-likeness (QED) is 0.477. The summed E-state index contributed by atoms with van der Waals surface area (Å²) in [6, 6.07) is 14.3. The van der Waals surface area contributed by atoms with E-state index in [2.05, 4.69) is 5.32 Å². The minimum atomic E-state index is -0.697. The highest BCUT2D eigenvalue weighted by atomic mass is 16.6. The van der Waals surface area contributed by atoms with Crippen LogP contribution in [0.5, 0.6) is 17.2 Å². The fraction of sp³-hybridized carbons (Fsp3) is 0.208. The van der Waals surface area contributed by atoms with Crippen molar-refractivity contribution in [3.63, 3.8) is 0 Å². The summed E-state index contributed by atoms with van der Waals surface area (Å²) in [7, 11) is 3.22. The number of amides is 1. The van der Waals surface area contributed by atoms with Crippen molar-refractivity contribution >= 4 is 17.7 Å². The molecule has 0 saturated carbocycles. The number of nitrogens with zero attached hydrogens (tertiary/aromatic N) is 3. The van der Waals surface area contributed by atoms with E-state index in [9.17, 15) is 14.9 Å². The van der Waals surface area contributed by atoms with E-state index in [0.29, 0.717) is 47.4 Å². The molecule has 33 heavy (non-hydrogen) atoms. The second-order valence-electron chi connectivity index (χ2n) is 7.31. The lowest BCUT2D eigenvalue weighted by atomic mass is 10.1. The Morgan fingerprint density at radius 3 is 2.64 bits per heavy atom. The van der Waals surface area contributed by atoms with Gasteiger partial charge in [-0.1, -0.05) is 18.2 Å². The van der Waals surface area contributed by atoms with Crippen molar-refractivity contribution in [1.29, 1.82) is 5.26 Å². The maximum absolute atomic E-state index is 13.0. The number of nitriles is 1. The average molecular weight is 446 g/mol. The summed E-state index contributed by atoms with van der Waals surface area (Å²) in [4.78, 5) is 25.9. The predicted molar refractivity (Wildman–Crippen MR) is 122 cm³/mol. The fourth-order valence-corrected chi connectivity index (χ4v) is 3.59. The van der Waals surface area contributed by atoms with Gasteiger partial charge in [-0.2, -0.15) is 5.26 Å². The number of benzene rings is 2. The van der Waals surface area contributed by atoms with Gasteiger partial charge < -0.3 is 19.5 Å². The second kappa shape index (κ2) is 8.96. The first-order valence-corrected chi connectivity index (χ1v) is 10.2. The highest BCUT2D eigenvalue weighted by Crippen LogP contribution is 2.40. The standard InChI is InChI=1S/C24H22N4O5/c1-15-21(24(30)28(27(15)2)18-7-5-4-6-8-18)26-23(29)17(14-25)11-16-12-19(31-3)22-20(13-16)32-9-10-33-22/h4-8,11-13H,9-10H2,1-3H3,(H,26,29)/b17-11-. The minimum Gasteiger partial charge on any atom is -0.493 e. The van der Waals surface area contributed by atoms with Gasteiger partial charge in [-0.3, -0.25) is 14.3 Å². The summed E-state index contributed by atoms with van der Waals surface area (Å²) < 4.78 is 19.6. The summed E-state index contributed by atoms with van der Waals surface area (Å²) in [5.74, 6) is 0.678. The van der Waals surface area contributed by atoms with Gasteiger partial charge in [0.05, 0.1) is 18.5 Å². The molecule has 168 valence electrons. The average Bonchev–Trinajstić information content (AvgIpc) is 3.05. The zero-order chi connectivity index (χ0) is 23.5. The van der Waals surface area contributed by atoms with E-state index in [1.807, 2.05) is 24.3 Å². The summed E-state index contributed by atoms with van der Waals surface area (Å²) in [5.41, 5.74) is 1.26. The Kier molecular flexibility index (Phi) is 5.91. The zero-order valence-corrected chi connectivity index (χ0v) is 18.4. The lowest BCUT2D eigenvalue weighted by molar-refractivity contribution is -0.112. The first-order chi connectivity index (χ1) is 15.9. The Balaban J connectivity index is 1.67. The van der Waals surface area contributed by atoms with Crippen molar-refractivity contribution in [3.05, 3.63) is 69.6 Å². The summed E-state index contributed by atoms with van der Waals surface area (Å²) >= 11 is 0. The minimum absolute atomic E-state index is 0.104. The fourth-order valence-electron chi connectivity index (χ4n) is 3.59.